The van der Waals surface area contributed by atoms with Gasteiger partial charge in [0.2, 0.25) is 5.95 Å². The first-order valence-corrected chi connectivity index (χ1v) is 9.14. The van der Waals surface area contributed by atoms with Gasteiger partial charge in [-0.05, 0) is 37.1 Å². The van der Waals surface area contributed by atoms with E-state index in [1.807, 2.05) is 44.3 Å². The Hall–Kier alpha value is -3.34. The summed E-state index contributed by atoms with van der Waals surface area (Å²) >= 11 is 0. The molecule has 136 valence electrons. The van der Waals surface area contributed by atoms with E-state index in [1.165, 1.54) is 16.5 Å². The SMILES string of the molecule is Cc1cc(N(C)c2ccccc2)nc(NCCc2c[nH]c3ccccc23)n1. The lowest BCUT2D eigenvalue weighted by atomic mass is 10.1. The largest absolute Gasteiger partial charge is 0.361 e. The maximum atomic E-state index is 4.69. The van der Waals surface area contributed by atoms with Crippen LogP contribution in [-0.2, 0) is 6.42 Å². The minimum Gasteiger partial charge on any atom is -0.361 e. The van der Waals surface area contributed by atoms with Crippen molar-refractivity contribution in [1.82, 2.24) is 15.0 Å². The summed E-state index contributed by atoms with van der Waals surface area (Å²) in [6, 6.07) is 20.6. The molecule has 0 bridgehead atoms. The molecule has 4 rings (SSSR count). The fourth-order valence-electron chi connectivity index (χ4n) is 3.23. The summed E-state index contributed by atoms with van der Waals surface area (Å²) < 4.78 is 0. The molecule has 2 heterocycles. The molecule has 27 heavy (non-hydrogen) atoms. The molecule has 2 aromatic carbocycles. The molecular weight excluding hydrogens is 334 g/mol. The molecule has 0 saturated heterocycles. The first-order valence-electron chi connectivity index (χ1n) is 9.14. The Labute approximate surface area is 159 Å². The topological polar surface area (TPSA) is 56.8 Å². The van der Waals surface area contributed by atoms with Crippen LogP contribution in [0.1, 0.15) is 11.3 Å². The van der Waals surface area contributed by atoms with E-state index in [-0.39, 0.29) is 0 Å². The average Bonchev–Trinajstić information content (AvgIpc) is 3.11. The molecule has 0 atom stereocenters. The number of nitrogens with zero attached hydrogens (tertiary/aromatic N) is 3. The van der Waals surface area contributed by atoms with E-state index in [1.54, 1.807) is 0 Å². The lowest BCUT2D eigenvalue weighted by molar-refractivity contribution is 0.970. The van der Waals surface area contributed by atoms with Crippen molar-refractivity contribution >= 4 is 28.4 Å². The molecule has 0 spiro atoms. The van der Waals surface area contributed by atoms with Crippen LogP contribution in [-0.4, -0.2) is 28.5 Å². The van der Waals surface area contributed by atoms with Gasteiger partial charge in [0, 0.05) is 48.1 Å². The smallest absolute Gasteiger partial charge is 0.224 e. The Morgan fingerprint density at radius 2 is 1.78 bits per heavy atom. The van der Waals surface area contributed by atoms with Crippen molar-refractivity contribution in [3.63, 3.8) is 0 Å². The van der Waals surface area contributed by atoms with Gasteiger partial charge in [0.1, 0.15) is 5.82 Å². The van der Waals surface area contributed by atoms with Crippen LogP contribution in [0.25, 0.3) is 10.9 Å². The maximum absolute atomic E-state index is 4.69. The quantitative estimate of drug-likeness (QED) is 0.526. The molecule has 0 aliphatic carbocycles. The molecule has 0 aliphatic rings. The van der Waals surface area contributed by atoms with E-state index in [2.05, 4.69) is 61.7 Å². The van der Waals surface area contributed by atoms with E-state index in [9.17, 15) is 0 Å². The van der Waals surface area contributed by atoms with Crippen molar-refractivity contribution in [2.24, 2.45) is 0 Å². The minimum atomic E-state index is 0.660. The molecular formula is C22H23N5. The lowest BCUT2D eigenvalue weighted by Crippen LogP contribution is -2.14. The predicted molar refractivity (Wildman–Crippen MR) is 112 cm³/mol. The van der Waals surface area contributed by atoms with Crippen LogP contribution in [0.3, 0.4) is 0 Å². The highest BCUT2D eigenvalue weighted by Crippen LogP contribution is 2.23. The molecule has 4 aromatic rings. The van der Waals surface area contributed by atoms with E-state index in [0.29, 0.717) is 5.95 Å². The number of fused-ring (bicyclic) bond motifs is 1. The molecule has 0 radical (unpaired) electrons. The van der Waals surface area contributed by atoms with Crippen molar-refractivity contribution in [2.45, 2.75) is 13.3 Å². The van der Waals surface area contributed by atoms with Crippen molar-refractivity contribution in [1.29, 1.82) is 0 Å². The predicted octanol–water partition coefficient (Wildman–Crippen LogP) is 4.69. The van der Waals surface area contributed by atoms with Crippen LogP contribution >= 0.6 is 0 Å². The third kappa shape index (κ3) is 3.77. The van der Waals surface area contributed by atoms with Crippen molar-refractivity contribution in [3.05, 3.63) is 78.1 Å². The Morgan fingerprint density at radius 3 is 2.63 bits per heavy atom. The number of para-hydroxylation sites is 2. The van der Waals surface area contributed by atoms with Crippen molar-refractivity contribution < 1.29 is 0 Å². The number of hydrogen-bond donors (Lipinski definition) is 2. The fraction of sp³-hybridized carbons (Fsp3) is 0.182. The van der Waals surface area contributed by atoms with Gasteiger partial charge in [-0.1, -0.05) is 36.4 Å². The molecule has 2 aromatic heterocycles. The molecule has 0 fully saturated rings. The Morgan fingerprint density at radius 1 is 1.00 bits per heavy atom. The molecule has 5 heteroatoms. The number of hydrogen-bond acceptors (Lipinski definition) is 4. The minimum absolute atomic E-state index is 0.660. The van der Waals surface area contributed by atoms with Gasteiger partial charge in [0.25, 0.3) is 0 Å². The molecule has 0 unspecified atom stereocenters. The summed E-state index contributed by atoms with van der Waals surface area (Å²) in [5.41, 5.74) is 4.51. The molecule has 0 aliphatic heterocycles. The number of H-pyrrole nitrogens is 1. The zero-order valence-corrected chi connectivity index (χ0v) is 15.6. The molecule has 0 amide bonds. The second kappa shape index (κ2) is 7.50. The average molecular weight is 357 g/mol. The highest BCUT2D eigenvalue weighted by atomic mass is 15.2. The van der Waals surface area contributed by atoms with Gasteiger partial charge in [0.05, 0.1) is 0 Å². The molecule has 5 nitrogen and oxygen atoms in total. The molecule has 0 saturated carbocycles. The third-order valence-corrected chi connectivity index (χ3v) is 4.68. The number of rotatable bonds is 6. The maximum Gasteiger partial charge on any atom is 0.224 e. The van der Waals surface area contributed by atoms with Gasteiger partial charge in [-0.15, -0.1) is 0 Å². The fourth-order valence-corrected chi connectivity index (χ4v) is 3.23. The number of benzene rings is 2. The van der Waals surface area contributed by atoms with Crippen molar-refractivity contribution in [2.75, 3.05) is 23.8 Å². The van der Waals surface area contributed by atoms with Crippen LogP contribution in [0.5, 0.6) is 0 Å². The van der Waals surface area contributed by atoms with Gasteiger partial charge in [-0.3, -0.25) is 0 Å². The summed E-state index contributed by atoms with van der Waals surface area (Å²) in [4.78, 5) is 14.6. The monoisotopic (exact) mass is 357 g/mol. The summed E-state index contributed by atoms with van der Waals surface area (Å²) in [6.45, 7) is 2.77. The van der Waals surface area contributed by atoms with E-state index < -0.39 is 0 Å². The zero-order chi connectivity index (χ0) is 18.6. The summed E-state index contributed by atoms with van der Waals surface area (Å²) in [5, 5.41) is 4.64. The van der Waals surface area contributed by atoms with Crippen LogP contribution in [0.15, 0.2) is 66.9 Å². The van der Waals surface area contributed by atoms with Crippen LogP contribution < -0.4 is 10.2 Å². The Kier molecular flexibility index (Phi) is 4.75. The van der Waals surface area contributed by atoms with E-state index >= 15 is 0 Å². The van der Waals surface area contributed by atoms with Crippen molar-refractivity contribution in [3.8, 4) is 0 Å². The number of aromatic amines is 1. The van der Waals surface area contributed by atoms with Gasteiger partial charge < -0.3 is 15.2 Å². The number of aryl methyl sites for hydroxylation is 1. The molecule has 2 N–H and O–H groups in total. The van der Waals surface area contributed by atoms with E-state index in [4.69, 9.17) is 0 Å². The van der Waals surface area contributed by atoms with Crippen LogP contribution in [0.4, 0.5) is 17.5 Å². The zero-order valence-electron chi connectivity index (χ0n) is 15.6. The number of nitrogens with one attached hydrogen (secondary N) is 2. The van der Waals surface area contributed by atoms with E-state index in [0.717, 1.165) is 30.2 Å². The third-order valence-electron chi connectivity index (χ3n) is 4.68. The first-order chi connectivity index (χ1) is 13.2. The highest BCUT2D eigenvalue weighted by molar-refractivity contribution is 5.83. The summed E-state index contributed by atoms with van der Waals surface area (Å²) in [6.07, 6.45) is 2.99. The number of anilines is 3. The standard InChI is InChI=1S/C22H23N5/c1-16-14-21(27(2)18-8-4-3-5-9-18)26-22(25-16)23-13-12-17-15-24-20-11-7-6-10-19(17)20/h3-11,14-15,24H,12-13H2,1-2H3,(H,23,25,26). The Balaban J connectivity index is 1.47. The normalized spacial score (nSPS) is 10.9. The second-order valence-corrected chi connectivity index (χ2v) is 6.62. The van der Waals surface area contributed by atoms with Gasteiger partial charge in [-0.2, -0.15) is 4.98 Å². The Bertz CT molecular complexity index is 1040. The van der Waals surface area contributed by atoms with Crippen LogP contribution in [0, 0.1) is 6.92 Å². The van der Waals surface area contributed by atoms with Crippen LogP contribution in [0.2, 0.25) is 0 Å². The summed E-state index contributed by atoms with van der Waals surface area (Å²) in [5.74, 6) is 1.54. The van der Waals surface area contributed by atoms with Gasteiger partial charge in [0.15, 0.2) is 0 Å². The summed E-state index contributed by atoms with van der Waals surface area (Å²) in [7, 11) is 2.02. The van der Waals surface area contributed by atoms with Gasteiger partial charge in [-0.25, -0.2) is 4.98 Å². The first kappa shape index (κ1) is 17.1. The van der Waals surface area contributed by atoms with Gasteiger partial charge >= 0.3 is 0 Å². The highest BCUT2D eigenvalue weighted by Gasteiger charge is 2.09. The number of aromatic nitrogens is 3. The second-order valence-electron chi connectivity index (χ2n) is 6.62. The lowest BCUT2D eigenvalue weighted by Gasteiger charge is -2.19.